The van der Waals surface area contributed by atoms with Crippen molar-refractivity contribution in [3.8, 4) is 5.75 Å². The largest absolute Gasteiger partial charge is 0.510 e. The quantitative estimate of drug-likeness (QED) is 0.200. The summed E-state index contributed by atoms with van der Waals surface area (Å²) in [5, 5.41) is 47.7. The van der Waals surface area contributed by atoms with E-state index in [1.54, 1.807) is 21.0 Å². The number of phenolic OH excluding ortho intramolecular Hbond substituents is 1. The molecule has 2 amide bonds. The molecule has 3 aliphatic rings. The Kier molecular flexibility index (Phi) is 8.00. The summed E-state index contributed by atoms with van der Waals surface area (Å²) in [5.41, 5.74) is 1.38. The number of rotatable bonds is 7. The molecule has 4 unspecified atom stereocenters. The molecular weight excluding hydrogens is 556 g/mol. The molecule has 1 aromatic rings. The van der Waals surface area contributed by atoms with Crippen LogP contribution in [-0.2, 0) is 20.8 Å². The molecule has 0 saturated heterocycles. The summed E-state index contributed by atoms with van der Waals surface area (Å²) in [4.78, 5) is 55.7. The number of aromatic hydroxyl groups is 1. The van der Waals surface area contributed by atoms with Crippen molar-refractivity contribution in [2.24, 2.45) is 17.6 Å². The van der Waals surface area contributed by atoms with Crippen LogP contribution in [0.3, 0.4) is 0 Å². The van der Waals surface area contributed by atoms with Gasteiger partial charge in [0.2, 0.25) is 11.7 Å². The first-order valence-corrected chi connectivity index (χ1v) is 13.7. The Balaban J connectivity index is 1.83. The lowest BCUT2D eigenvalue weighted by Crippen LogP contribution is -2.63. The molecule has 0 bridgehead atoms. The Hall–Kier alpha value is -3.45. The maximum absolute atomic E-state index is 13.9. The number of phenols is 1. The molecule has 5 atom stereocenters. The van der Waals surface area contributed by atoms with Crippen molar-refractivity contribution < 1.29 is 39.6 Å². The average molecular weight is 591 g/mol. The van der Waals surface area contributed by atoms with Gasteiger partial charge in [-0.2, -0.15) is 0 Å². The number of fused-ring (bicyclic) bond motifs is 3. The minimum atomic E-state index is -2.73. The lowest BCUT2D eigenvalue weighted by Gasteiger charge is -2.50. The van der Waals surface area contributed by atoms with E-state index in [0.717, 1.165) is 0 Å². The van der Waals surface area contributed by atoms with E-state index < -0.39 is 75.7 Å². The number of hydrogen-bond donors (Lipinski definition) is 6. The summed E-state index contributed by atoms with van der Waals surface area (Å²) < 4.78 is 0. The molecule has 4 rings (SSSR count). The van der Waals surface area contributed by atoms with Gasteiger partial charge >= 0.3 is 0 Å². The molecule has 0 aromatic heterocycles. The minimum absolute atomic E-state index is 0.00352. The third kappa shape index (κ3) is 4.49. The molecule has 0 radical (unpaired) electrons. The zero-order chi connectivity index (χ0) is 30.7. The van der Waals surface area contributed by atoms with E-state index in [0.29, 0.717) is 18.7 Å². The summed E-state index contributed by atoms with van der Waals surface area (Å²) in [6.07, 6.45) is 0.0515. The Labute approximate surface area is 242 Å². The second-order valence-corrected chi connectivity index (χ2v) is 11.4. The number of amides is 2. The van der Waals surface area contributed by atoms with Crippen LogP contribution in [-0.4, -0.2) is 98.5 Å². The fraction of sp³-hybridized carbons (Fsp3) is 0.500. The first kappa shape index (κ1) is 30.5. The highest BCUT2D eigenvalue weighted by Gasteiger charge is 2.63. The fourth-order valence-corrected chi connectivity index (χ4v) is 6.82. The number of ketones is 2. The lowest BCUT2D eigenvalue weighted by atomic mass is 9.58. The number of allylic oxidation sites excluding steroid dienone is 1. The summed E-state index contributed by atoms with van der Waals surface area (Å²) in [5.74, 6) is -8.00. The van der Waals surface area contributed by atoms with Gasteiger partial charge in [0.05, 0.1) is 22.7 Å². The molecule has 0 spiro atoms. The van der Waals surface area contributed by atoms with Gasteiger partial charge in [-0.15, -0.1) is 0 Å². The van der Waals surface area contributed by atoms with Crippen LogP contribution in [0.4, 0.5) is 5.69 Å². The van der Waals surface area contributed by atoms with E-state index in [1.807, 2.05) is 18.7 Å². The monoisotopic (exact) mass is 590 g/mol. The van der Waals surface area contributed by atoms with Gasteiger partial charge < -0.3 is 31.5 Å². The lowest BCUT2D eigenvalue weighted by molar-refractivity contribution is -0.148. The highest BCUT2D eigenvalue weighted by molar-refractivity contribution is 6.35. The standard InChI is InChI=1S/C28H35ClN4O8/c1-6-33(7-2)11(3)27(40)31-19-15(29)10-13-8-12-9-14-20(32(4)5)23(36)18(26(30)39)25(38)28(14,41)24(37)17(12)21(34)16(13)22(19)35/h10-12,14,20,35-37,41H,6-9H2,1-5H3,(H2,30,39)(H,31,40)/t11?,12?,14?,20-,28?/m0/s1. The van der Waals surface area contributed by atoms with Crippen LogP contribution in [0.1, 0.15) is 43.1 Å². The van der Waals surface area contributed by atoms with Gasteiger partial charge in [-0.1, -0.05) is 25.4 Å². The van der Waals surface area contributed by atoms with Crippen LogP contribution in [0.25, 0.3) is 0 Å². The summed E-state index contributed by atoms with van der Waals surface area (Å²) >= 11 is 6.46. The zero-order valence-electron chi connectivity index (χ0n) is 23.5. The normalized spacial score (nSPS) is 26.6. The van der Waals surface area contributed by atoms with Gasteiger partial charge in [-0.25, -0.2) is 0 Å². The molecule has 1 aromatic carbocycles. The van der Waals surface area contributed by atoms with Crippen LogP contribution in [0.15, 0.2) is 28.7 Å². The van der Waals surface area contributed by atoms with E-state index in [1.165, 1.54) is 11.0 Å². The molecule has 0 aliphatic heterocycles. The maximum Gasteiger partial charge on any atom is 0.255 e. The number of anilines is 1. The van der Waals surface area contributed by atoms with Crippen molar-refractivity contribution in [1.29, 1.82) is 0 Å². The number of Topliss-reactive ketones (excluding diaryl/α,β-unsaturated/α-hetero) is 2. The third-order valence-corrected chi connectivity index (χ3v) is 8.95. The number of nitrogens with two attached hydrogens (primary N) is 1. The van der Waals surface area contributed by atoms with Gasteiger partial charge in [0.25, 0.3) is 5.91 Å². The summed E-state index contributed by atoms with van der Waals surface area (Å²) in [7, 11) is 3.12. The minimum Gasteiger partial charge on any atom is -0.510 e. The van der Waals surface area contributed by atoms with Crippen molar-refractivity contribution in [3.05, 3.63) is 44.9 Å². The van der Waals surface area contributed by atoms with E-state index in [4.69, 9.17) is 17.3 Å². The number of primary amides is 1. The maximum atomic E-state index is 13.9. The Morgan fingerprint density at radius 3 is 2.34 bits per heavy atom. The first-order valence-electron chi connectivity index (χ1n) is 13.4. The summed E-state index contributed by atoms with van der Waals surface area (Å²) in [6.45, 7) is 6.69. The summed E-state index contributed by atoms with van der Waals surface area (Å²) in [6, 6.07) is -0.194. The molecule has 3 aliphatic carbocycles. The number of aliphatic hydroxyl groups is 3. The van der Waals surface area contributed by atoms with Gasteiger partial charge in [-0.05, 0) is 64.5 Å². The second kappa shape index (κ2) is 10.8. The predicted molar refractivity (Wildman–Crippen MR) is 150 cm³/mol. The zero-order valence-corrected chi connectivity index (χ0v) is 24.2. The highest BCUT2D eigenvalue weighted by Crippen LogP contribution is 2.53. The number of likely N-dealkylation sites (N-methyl/N-ethyl adjacent to an activating group) is 2. The Morgan fingerprint density at radius 2 is 1.80 bits per heavy atom. The molecule has 0 heterocycles. The van der Waals surface area contributed by atoms with Crippen molar-refractivity contribution in [2.45, 2.75) is 51.3 Å². The number of aliphatic hydroxyl groups excluding tert-OH is 2. The Morgan fingerprint density at radius 1 is 1.20 bits per heavy atom. The SMILES string of the molecule is CCN(CC)C(C)C(=O)Nc1c(Cl)cc2c(c1O)C(=O)C1=C(O)C3(O)C(=O)C(C(N)=O)=C(O)[C@@H](N(C)C)C3CC1C2. The number of halogens is 1. The number of carbonyl (C=O) groups is 4. The van der Waals surface area contributed by atoms with Gasteiger partial charge in [-0.3, -0.25) is 29.0 Å². The molecule has 13 heteroatoms. The van der Waals surface area contributed by atoms with E-state index in [2.05, 4.69) is 5.32 Å². The number of carbonyl (C=O) groups excluding carboxylic acids is 4. The van der Waals surface area contributed by atoms with E-state index >= 15 is 0 Å². The van der Waals surface area contributed by atoms with Crippen LogP contribution < -0.4 is 11.1 Å². The van der Waals surface area contributed by atoms with Crippen molar-refractivity contribution in [1.82, 2.24) is 9.80 Å². The van der Waals surface area contributed by atoms with Crippen LogP contribution in [0, 0.1) is 11.8 Å². The van der Waals surface area contributed by atoms with Crippen molar-refractivity contribution >= 4 is 40.7 Å². The molecule has 222 valence electrons. The molecule has 0 fully saturated rings. The number of hydrogen-bond acceptors (Lipinski definition) is 10. The molecule has 12 nitrogen and oxygen atoms in total. The average Bonchev–Trinajstić information content (AvgIpc) is 2.88. The molecule has 0 saturated carbocycles. The topological polar surface area (TPSA) is 194 Å². The van der Waals surface area contributed by atoms with Gasteiger partial charge in [0.15, 0.2) is 17.1 Å². The van der Waals surface area contributed by atoms with E-state index in [-0.39, 0.29) is 34.7 Å². The number of benzene rings is 1. The molecule has 7 N–H and O–H groups in total. The predicted octanol–water partition coefficient (Wildman–Crippen LogP) is 1.44. The molecule has 41 heavy (non-hydrogen) atoms. The first-order chi connectivity index (χ1) is 19.1. The Bertz CT molecular complexity index is 1420. The van der Waals surface area contributed by atoms with Crippen LogP contribution in [0.2, 0.25) is 5.02 Å². The van der Waals surface area contributed by atoms with Gasteiger partial charge in [0, 0.05) is 11.5 Å². The second-order valence-electron chi connectivity index (χ2n) is 11.0. The molecular formula is C28H35ClN4O8. The number of nitrogens with one attached hydrogen (secondary N) is 1. The number of nitrogens with zero attached hydrogens (tertiary/aromatic N) is 2. The smallest absolute Gasteiger partial charge is 0.255 e. The van der Waals surface area contributed by atoms with E-state index in [9.17, 15) is 39.6 Å². The van der Waals surface area contributed by atoms with Crippen LogP contribution >= 0.6 is 11.6 Å². The fourth-order valence-electron chi connectivity index (χ4n) is 6.55. The van der Waals surface area contributed by atoms with Crippen molar-refractivity contribution in [3.63, 3.8) is 0 Å². The van der Waals surface area contributed by atoms with Crippen molar-refractivity contribution in [2.75, 3.05) is 32.5 Å². The highest BCUT2D eigenvalue weighted by atomic mass is 35.5. The van der Waals surface area contributed by atoms with Crippen LogP contribution in [0.5, 0.6) is 5.75 Å². The van der Waals surface area contributed by atoms with Gasteiger partial charge in [0.1, 0.15) is 22.8 Å². The third-order valence-electron chi connectivity index (χ3n) is 8.65.